The number of amides is 1. The summed E-state index contributed by atoms with van der Waals surface area (Å²) in [5.74, 6) is 1.67. The van der Waals surface area contributed by atoms with Crippen molar-refractivity contribution in [2.45, 2.75) is 46.2 Å². The first-order chi connectivity index (χ1) is 12.5. The third-order valence-electron chi connectivity index (χ3n) is 4.37. The molecule has 3 heterocycles. The van der Waals surface area contributed by atoms with Crippen molar-refractivity contribution in [2.75, 3.05) is 23.3 Å². The molecular formula is C19H27N5OS. The molecule has 0 spiro atoms. The van der Waals surface area contributed by atoms with E-state index in [9.17, 15) is 4.79 Å². The molecule has 7 heteroatoms. The monoisotopic (exact) mass is 373 g/mol. The second kappa shape index (κ2) is 8.49. The first-order valence-corrected chi connectivity index (χ1v) is 10.1. The highest BCUT2D eigenvalue weighted by Gasteiger charge is 2.27. The SMILES string of the molecule is Cc1cc(NCc2cccs2)nc(N2CCCC(C(=O)NC(C)C)C2)n1. The van der Waals surface area contributed by atoms with Crippen LogP contribution in [0.25, 0.3) is 0 Å². The van der Waals surface area contributed by atoms with Crippen LogP contribution in [0.1, 0.15) is 37.3 Å². The van der Waals surface area contributed by atoms with Gasteiger partial charge in [-0.15, -0.1) is 11.3 Å². The summed E-state index contributed by atoms with van der Waals surface area (Å²) in [5, 5.41) is 8.48. The molecule has 1 unspecified atom stereocenters. The van der Waals surface area contributed by atoms with Crippen molar-refractivity contribution in [3.8, 4) is 0 Å². The summed E-state index contributed by atoms with van der Waals surface area (Å²) in [5.41, 5.74) is 0.928. The van der Waals surface area contributed by atoms with Crippen molar-refractivity contribution in [1.82, 2.24) is 15.3 Å². The normalized spacial score (nSPS) is 17.4. The third kappa shape index (κ3) is 4.94. The van der Waals surface area contributed by atoms with Gasteiger partial charge in [-0.3, -0.25) is 4.79 Å². The fourth-order valence-electron chi connectivity index (χ4n) is 3.15. The zero-order valence-corrected chi connectivity index (χ0v) is 16.5. The second-order valence-electron chi connectivity index (χ2n) is 7.08. The number of nitrogens with one attached hydrogen (secondary N) is 2. The number of nitrogens with zero attached hydrogens (tertiary/aromatic N) is 3. The van der Waals surface area contributed by atoms with Gasteiger partial charge in [-0.25, -0.2) is 4.98 Å². The third-order valence-corrected chi connectivity index (χ3v) is 5.25. The number of aryl methyl sites for hydroxylation is 1. The number of hydrogen-bond acceptors (Lipinski definition) is 6. The molecule has 1 aliphatic rings. The molecule has 0 bridgehead atoms. The van der Waals surface area contributed by atoms with Gasteiger partial charge in [-0.2, -0.15) is 4.98 Å². The quantitative estimate of drug-likeness (QED) is 0.814. The first-order valence-electron chi connectivity index (χ1n) is 9.18. The van der Waals surface area contributed by atoms with Gasteiger partial charge in [0.15, 0.2) is 0 Å². The molecule has 0 aromatic carbocycles. The van der Waals surface area contributed by atoms with Crippen molar-refractivity contribution >= 4 is 29.0 Å². The number of carbonyl (C=O) groups excluding carboxylic acids is 1. The summed E-state index contributed by atoms with van der Waals surface area (Å²) in [6, 6.07) is 6.29. The molecule has 0 radical (unpaired) electrons. The Morgan fingerprint density at radius 2 is 2.27 bits per heavy atom. The molecule has 2 aromatic heterocycles. The molecule has 6 nitrogen and oxygen atoms in total. The zero-order valence-electron chi connectivity index (χ0n) is 15.7. The van der Waals surface area contributed by atoms with Gasteiger partial charge in [-0.1, -0.05) is 6.07 Å². The Bertz CT molecular complexity index is 732. The Labute approximate surface area is 159 Å². The molecule has 2 N–H and O–H groups in total. The van der Waals surface area contributed by atoms with E-state index >= 15 is 0 Å². The van der Waals surface area contributed by atoms with Crippen LogP contribution in [0.5, 0.6) is 0 Å². The molecule has 1 amide bonds. The lowest BCUT2D eigenvalue weighted by Crippen LogP contribution is -2.45. The Morgan fingerprint density at radius 1 is 1.42 bits per heavy atom. The minimum absolute atomic E-state index is 0.00205. The van der Waals surface area contributed by atoms with E-state index in [0.717, 1.165) is 37.4 Å². The van der Waals surface area contributed by atoms with E-state index < -0.39 is 0 Å². The lowest BCUT2D eigenvalue weighted by molar-refractivity contribution is -0.125. The molecule has 140 valence electrons. The molecule has 26 heavy (non-hydrogen) atoms. The number of aromatic nitrogens is 2. The van der Waals surface area contributed by atoms with E-state index in [2.05, 4.69) is 43.0 Å². The predicted molar refractivity (Wildman–Crippen MR) is 107 cm³/mol. The number of thiophene rings is 1. The summed E-state index contributed by atoms with van der Waals surface area (Å²) < 4.78 is 0. The number of anilines is 2. The maximum Gasteiger partial charge on any atom is 0.227 e. The van der Waals surface area contributed by atoms with Crippen LogP contribution >= 0.6 is 11.3 Å². The lowest BCUT2D eigenvalue weighted by Gasteiger charge is -2.32. The van der Waals surface area contributed by atoms with Gasteiger partial charge >= 0.3 is 0 Å². The summed E-state index contributed by atoms with van der Waals surface area (Å²) in [6.45, 7) is 8.29. The van der Waals surface area contributed by atoms with E-state index in [4.69, 9.17) is 0 Å². The van der Waals surface area contributed by atoms with Crippen molar-refractivity contribution < 1.29 is 4.79 Å². The lowest BCUT2D eigenvalue weighted by atomic mass is 9.97. The molecule has 0 saturated carbocycles. The highest BCUT2D eigenvalue weighted by molar-refractivity contribution is 7.09. The van der Waals surface area contributed by atoms with Gasteiger partial charge in [0.2, 0.25) is 11.9 Å². The summed E-state index contributed by atoms with van der Waals surface area (Å²) in [6.07, 6.45) is 1.90. The van der Waals surface area contributed by atoms with Crippen molar-refractivity contribution in [2.24, 2.45) is 5.92 Å². The van der Waals surface area contributed by atoms with Crippen LogP contribution in [-0.4, -0.2) is 35.0 Å². The first kappa shape index (κ1) is 18.6. The smallest absolute Gasteiger partial charge is 0.227 e. The summed E-state index contributed by atoms with van der Waals surface area (Å²) in [7, 11) is 0. The largest absolute Gasteiger partial charge is 0.365 e. The average Bonchev–Trinajstić information content (AvgIpc) is 3.12. The Morgan fingerprint density at radius 3 is 3.00 bits per heavy atom. The predicted octanol–water partition coefficient (Wildman–Crippen LogP) is 3.20. The van der Waals surface area contributed by atoms with Gasteiger partial charge in [-0.05, 0) is 45.1 Å². The minimum atomic E-state index is -0.00205. The van der Waals surface area contributed by atoms with Crippen LogP contribution in [0.3, 0.4) is 0 Å². The van der Waals surface area contributed by atoms with Crippen molar-refractivity contribution in [3.63, 3.8) is 0 Å². The van der Waals surface area contributed by atoms with Crippen LogP contribution in [0, 0.1) is 12.8 Å². The fourth-order valence-corrected chi connectivity index (χ4v) is 3.80. The van der Waals surface area contributed by atoms with E-state index in [-0.39, 0.29) is 17.9 Å². The van der Waals surface area contributed by atoms with E-state index in [1.807, 2.05) is 26.8 Å². The Balaban J connectivity index is 1.68. The Hall–Kier alpha value is -2.15. The molecule has 2 aromatic rings. The number of piperidine rings is 1. The molecule has 1 aliphatic heterocycles. The van der Waals surface area contributed by atoms with E-state index in [1.165, 1.54) is 4.88 Å². The Kier molecular flexibility index (Phi) is 6.08. The molecular weight excluding hydrogens is 346 g/mol. The molecule has 1 fully saturated rings. The molecule has 1 atom stereocenters. The van der Waals surface area contributed by atoms with Gasteiger partial charge in [0.1, 0.15) is 5.82 Å². The second-order valence-corrected chi connectivity index (χ2v) is 8.11. The van der Waals surface area contributed by atoms with Gasteiger partial charge in [0, 0.05) is 35.8 Å². The molecule has 1 saturated heterocycles. The van der Waals surface area contributed by atoms with Crippen LogP contribution in [0.2, 0.25) is 0 Å². The number of carbonyl (C=O) groups is 1. The molecule has 0 aliphatic carbocycles. The van der Waals surface area contributed by atoms with Crippen molar-refractivity contribution in [1.29, 1.82) is 0 Å². The maximum absolute atomic E-state index is 12.4. The number of rotatable bonds is 6. The summed E-state index contributed by atoms with van der Waals surface area (Å²) >= 11 is 1.73. The highest BCUT2D eigenvalue weighted by Crippen LogP contribution is 2.23. The zero-order chi connectivity index (χ0) is 18.5. The van der Waals surface area contributed by atoms with Crippen molar-refractivity contribution in [3.05, 3.63) is 34.2 Å². The highest BCUT2D eigenvalue weighted by atomic mass is 32.1. The van der Waals surface area contributed by atoms with Crippen LogP contribution in [0.15, 0.2) is 23.6 Å². The van der Waals surface area contributed by atoms with Crippen LogP contribution in [0.4, 0.5) is 11.8 Å². The maximum atomic E-state index is 12.4. The van der Waals surface area contributed by atoms with Gasteiger partial charge in [0.25, 0.3) is 0 Å². The average molecular weight is 374 g/mol. The molecule has 3 rings (SSSR count). The topological polar surface area (TPSA) is 70.2 Å². The van der Waals surface area contributed by atoms with Crippen LogP contribution < -0.4 is 15.5 Å². The summed E-state index contributed by atoms with van der Waals surface area (Å²) in [4.78, 5) is 25.1. The minimum Gasteiger partial charge on any atom is -0.365 e. The van der Waals surface area contributed by atoms with Gasteiger partial charge < -0.3 is 15.5 Å². The van der Waals surface area contributed by atoms with E-state index in [1.54, 1.807) is 11.3 Å². The fraction of sp³-hybridized carbons (Fsp3) is 0.526. The van der Waals surface area contributed by atoms with Crippen LogP contribution in [-0.2, 0) is 11.3 Å². The number of hydrogen-bond donors (Lipinski definition) is 2. The van der Waals surface area contributed by atoms with E-state index in [0.29, 0.717) is 12.5 Å². The van der Waals surface area contributed by atoms with Gasteiger partial charge in [0.05, 0.1) is 12.5 Å². The standard InChI is InChI=1S/C19H27N5OS/c1-13(2)21-18(25)15-6-4-8-24(12-15)19-22-14(3)10-17(23-19)20-11-16-7-5-9-26-16/h5,7,9-10,13,15H,4,6,8,11-12H2,1-3H3,(H,21,25)(H,20,22,23).